The third-order valence-electron chi connectivity index (χ3n) is 2.85. The predicted molar refractivity (Wildman–Crippen MR) is 92.2 cm³/mol. The zero-order valence-electron chi connectivity index (χ0n) is 16.0. The largest absolute Gasteiger partial charge is 0.534 e. The molecule has 31 heavy (non-hydrogen) atoms. The minimum atomic E-state index is -6.46. The van der Waals surface area contributed by atoms with E-state index < -0.39 is 65.7 Å². The van der Waals surface area contributed by atoms with Gasteiger partial charge in [-0.3, -0.25) is 5.32 Å². The minimum absolute atomic E-state index is 0.307. The Morgan fingerprint density at radius 1 is 0.871 bits per heavy atom. The number of aryl methyl sites for hydroxylation is 1. The summed E-state index contributed by atoms with van der Waals surface area (Å²) in [5, 5.41) is 1.98. The molecule has 0 aliphatic carbocycles. The zero-order chi connectivity index (χ0) is 24.6. The number of benzene rings is 1. The SMILES string of the molecule is Cc1cc(NC(=O)OC(C)(C)C)cc(OS(=O)(=O)C(F)(F)F)c1OS(=O)(=O)C(F)(F)F. The van der Waals surface area contributed by atoms with Crippen molar-refractivity contribution in [3.63, 3.8) is 0 Å². The Bertz CT molecular complexity index is 1060. The molecule has 0 atom stereocenters. The molecule has 0 aliphatic heterocycles. The smallest absolute Gasteiger partial charge is 0.444 e. The van der Waals surface area contributed by atoms with Crippen LogP contribution in [0.25, 0.3) is 0 Å². The molecule has 0 unspecified atom stereocenters. The third-order valence-corrected chi connectivity index (χ3v) is 4.76. The lowest BCUT2D eigenvalue weighted by Crippen LogP contribution is -2.30. The van der Waals surface area contributed by atoms with Crippen molar-refractivity contribution in [2.24, 2.45) is 0 Å². The summed E-state index contributed by atoms with van der Waals surface area (Å²) in [5.74, 6) is -3.09. The van der Waals surface area contributed by atoms with E-state index in [1.807, 2.05) is 5.32 Å². The van der Waals surface area contributed by atoms with Crippen LogP contribution in [0.3, 0.4) is 0 Å². The second-order valence-corrected chi connectivity index (χ2v) is 9.79. The van der Waals surface area contributed by atoms with Crippen molar-refractivity contribution in [2.75, 3.05) is 5.32 Å². The Balaban J connectivity index is 3.55. The molecule has 0 radical (unpaired) electrons. The van der Waals surface area contributed by atoms with Crippen molar-refractivity contribution in [1.29, 1.82) is 0 Å². The van der Waals surface area contributed by atoms with Crippen LogP contribution in [0.4, 0.5) is 36.8 Å². The van der Waals surface area contributed by atoms with E-state index in [2.05, 4.69) is 8.37 Å². The Kier molecular flexibility index (Phi) is 7.08. The van der Waals surface area contributed by atoms with Crippen LogP contribution >= 0.6 is 0 Å². The summed E-state index contributed by atoms with van der Waals surface area (Å²) in [7, 11) is -12.9. The zero-order valence-corrected chi connectivity index (χ0v) is 17.6. The minimum Gasteiger partial charge on any atom is -0.444 e. The van der Waals surface area contributed by atoms with E-state index in [0.29, 0.717) is 6.07 Å². The standard InChI is InChI=1S/C14H15F6NO8S2/c1-7-5-8(21-11(22)27-12(2,3)4)6-9(28-30(23,24)13(15,16)17)10(7)29-31(25,26)14(18,19)20/h5-6H,1-4H3,(H,21,22). The van der Waals surface area contributed by atoms with Crippen LogP contribution in [0.15, 0.2) is 12.1 Å². The van der Waals surface area contributed by atoms with E-state index in [-0.39, 0.29) is 0 Å². The molecule has 0 bridgehead atoms. The molecule has 1 aromatic rings. The van der Waals surface area contributed by atoms with E-state index in [1.54, 1.807) is 0 Å². The molecule has 0 aliphatic rings. The summed E-state index contributed by atoms with van der Waals surface area (Å²) in [4.78, 5) is 11.8. The van der Waals surface area contributed by atoms with E-state index >= 15 is 0 Å². The number of hydrogen-bond acceptors (Lipinski definition) is 8. The van der Waals surface area contributed by atoms with Crippen LogP contribution in [-0.2, 0) is 25.0 Å². The van der Waals surface area contributed by atoms with Gasteiger partial charge < -0.3 is 13.1 Å². The van der Waals surface area contributed by atoms with Crippen LogP contribution in [0.2, 0.25) is 0 Å². The molecule has 1 N–H and O–H groups in total. The first-order valence-electron chi connectivity index (χ1n) is 7.72. The maximum absolute atomic E-state index is 12.6. The molecule has 9 nitrogen and oxygen atoms in total. The number of amides is 1. The number of halogens is 6. The van der Waals surface area contributed by atoms with Crippen molar-refractivity contribution in [3.8, 4) is 11.5 Å². The first-order valence-corrected chi connectivity index (χ1v) is 10.5. The molecular formula is C14H15F6NO8S2. The van der Waals surface area contributed by atoms with Gasteiger partial charge in [-0.25, -0.2) is 4.79 Å². The van der Waals surface area contributed by atoms with Crippen molar-refractivity contribution in [1.82, 2.24) is 0 Å². The summed E-state index contributed by atoms with van der Waals surface area (Å²) < 4.78 is 133. The first kappa shape index (κ1) is 26.6. The third kappa shape index (κ3) is 7.05. The van der Waals surface area contributed by atoms with E-state index in [0.717, 1.165) is 13.0 Å². The molecule has 0 heterocycles. The molecule has 0 aromatic heterocycles. The Hall–Kier alpha value is -2.43. The summed E-state index contributed by atoms with van der Waals surface area (Å²) in [6.07, 6.45) is -1.17. The first-order chi connectivity index (χ1) is 13.6. The Morgan fingerprint density at radius 2 is 1.32 bits per heavy atom. The van der Waals surface area contributed by atoms with Gasteiger partial charge >= 0.3 is 37.3 Å². The highest BCUT2D eigenvalue weighted by Crippen LogP contribution is 2.40. The van der Waals surface area contributed by atoms with Crippen molar-refractivity contribution in [3.05, 3.63) is 17.7 Å². The fourth-order valence-corrected chi connectivity index (χ4v) is 2.71. The lowest BCUT2D eigenvalue weighted by Gasteiger charge is -2.21. The summed E-state index contributed by atoms with van der Waals surface area (Å²) >= 11 is 0. The molecule has 1 aromatic carbocycles. The van der Waals surface area contributed by atoms with Crippen molar-refractivity contribution in [2.45, 2.75) is 44.3 Å². The maximum Gasteiger partial charge on any atom is 0.534 e. The maximum atomic E-state index is 12.6. The number of rotatable bonds is 5. The summed E-state index contributed by atoms with van der Waals surface area (Å²) in [5.41, 5.74) is -14.2. The number of alkyl halides is 6. The van der Waals surface area contributed by atoms with Gasteiger partial charge in [0.25, 0.3) is 0 Å². The average Bonchev–Trinajstić information content (AvgIpc) is 2.46. The fourth-order valence-electron chi connectivity index (χ4n) is 1.73. The molecule has 0 spiro atoms. The molecule has 17 heteroatoms. The molecule has 1 rings (SSSR count). The molecule has 0 saturated heterocycles. The highest BCUT2D eigenvalue weighted by atomic mass is 32.2. The quantitative estimate of drug-likeness (QED) is 0.366. The highest BCUT2D eigenvalue weighted by molar-refractivity contribution is 7.88. The van der Waals surface area contributed by atoms with Crippen LogP contribution in [0.5, 0.6) is 11.5 Å². The number of hydrogen-bond donors (Lipinski definition) is 1. The van der Waals surface area contributed by atoms with Gasteiger partial charge in [0.1, 0.15) is 5.60 Å². The van der Waals surface area contributed by atoms with Crippen molar-refractivity contribution < 1.29 is 61.1 Å². The molecule has 0 fully saturated rings. The van der Waals surface area contributed by atoms with Gasteiger partial charge in [-0.15, -0.1) is 0 Å². The summed E-state index contributed by atoms with van der Waals surface area (Å²) in [6, 6.07) is 1.08. The van der Waals surface area contributed by atoms with Gasteiger partial charge in [0.05, 0.1) is 0 Å². The number of carbonyl (C=O) groups excluding carboxylic acids is 1. The van der Waals surface area contributed by atoms with E-state index in [4.69, 9.17) is 4.74 Å². The molecule has 178 valence electrons. The van der Waals surface area contributed by atoms with Gasteiger partial charge in [0.15, 0.2) is 11.5 Å². The predicted octanol–water partition coefficient (Wildman–Crippen LogP) is 3.80. The topological polar surface area (TPSA) is 125 Å². The normalized spacial score (nSPS) is 13.5. The highest BCUT2D eigenvalue weighted by Gasteiger charge is 2.51. The average molecular weight is 503 g/mol. The summed E-state index contributed by atoms with van der Waals surface area (Å²) in [6.45, 7) is 5.23. The van der Waals surface area contributed by atoms with Gasteiger partial charge in [0, 0.05) is 11.8 Å². The molecule has 0 saturated carbocycles. The van der Waals surface area contributed by atoms with Gasteiger partial charge in [-0.1, -0.05) is 0 Å². The van der Waals surface area contributed by atoms with Crippen LogP contribution in [-0.4, -0.2) is 39.5 Å². The van der Waals surface area contributed by atoms with Gasteiger partial charge in [0.2, 0.25) is 0 Å². The Morgan fingerprint density at radius 3 is 1.74 bits per heavy atom. The lowest BCUT2D eigenvalue weighted by atomic mass is 10.2. The van der Waals surface area contributed by atoms with Gasteiger partial charge in [-0.2, -0.15) is 43.2 Å². The van der Waals surface area contributed by atoms with Gasteiger partial charge in [-0.05, 0) is 39.3 Å². The number of carbonyl (C=O) groups is 1. The van der Waals surface area contributed by atoms with Crippen molar-refractivity contribution >= 4 is 32.0 Å². The second kappa shape index (κ2) is 8.25. The number of ether oxygens (including phenoxy) is 1. The van der Waals surface area contributed by atoms with E-state index in [9.17, 15) is 48.0 Å². The van der Waals surface area contributed by atoms with Crippen LogP contribution < -0.4 is 13.7 Å². The number of anilines is 1. The second-order valence-electron chi connectivity index (χ2n) is 6.71. The number of nitrogens with one attached hydrogen (secondary N) is 1. The Labute approximate surface area is 172 Å². The molecular weight excluding hydrogens is 488 g/mol. The molecule has 1 amide bonds. The van der Waals surface area contributed by atoms with Crippen LogP contribution in [0, 0.1) is 6.92 Å². The van der Waals surface area contributed by atoms with Crippen LogP contribution in [0.1, 0.15) is 26.3 Å². The lowest BCUT2D eigenvalue weighted by molar-refractivity contribution is -0.0513. The van der Waals surface area contributed by atoms with E-state index in [1.165, 1.54) is 20.8 Å². The monoisotopic (exact) mass is 503 g/mol. The fraction of sp³-hybridized carbons (Fsp3) is 0.500.